The third-order valence-electron chi connectivity index (χ3n) is 4.60. The van der Waals surface area contributed by atoms with Crippen molar-refractivity contribution in [3.05, 3.63) is 77.4 Å². The summed E-state index contributed by atoms with van der Waals surface area (Å²) in [6.45, 7) is 0. The van der Waals surface area contributed by atoms with E-state index < -0.39 is 18.1 Å². The molecule has 3 nitrogen and oxygen atoms in total. The molecule has 0 aromatic heterocycles. The molecule has 0 saturated carbocycles. The molecule has 33 heavy (non-hydrogen) atoms. The van der Waals surface area contributed by atoms with Crippen LogP contribution in [-0.4, -0.2) is 24.4 Å². The maximum Gasteiger partial charge on any atom is 0.462 e. The number of rotatable bonds is 7. The highest BCUT2D eigenvalue weighted by Gasteiger charge is 2.73. The quantitative estimate of drug-likeness (QED) is 0.133. The number of hydrogen-bond donors (Lipinski definition) is 1. The SMILES string of the molecule is N#Cc1ccccc1CSc1ccc(/C=N/NC(F)(F)C(F)(F)C(F)(F)F)c2ccccc12. The van der Waals surface area contributed by atoms with Crippen molar-refractivity contribution in [2.45, 2.75) is 28.8 Å². The summed E-state index contributed by atoms with van der Waals surface area (Å²) in [6, 6.07) is 13.4. The Hall–Kier alpha value is -3.26. The summed E-state index contributed by atoms with van der Waals surface area (Å²) >= 11 is 1.42. The Morgan fingerprint density at radius 1 is 0.879 bits per heavy atom. The normalized spacial score (nSPS) is 12.8. The van der Waals surface area contributed by atoms with E-state index >= 15 is 0 Å². The number of halogens is 7. The van der Waals surface area contributed by atoms with Gasteiger partial charge in [-0.1, -0.05) is 48.5 Å². The van der Waals surface area contributed by atoms with Crippen LogP contribution in [0.4, 0.5) is 30.7 Å². The lowest BCUT2D eigenvalue weighted by Crippen LogP contribution is -2.58. The lowest BCUT2D eigenvalue weighted by Gasteiger charge is -2.27. The van der Waals surface area contributed by atoms with Gasteiger partial charge >= 0.3 is 18.1 Å². The minimum atomic E-state index is -6.45. The monoisotopic (exact) mass is 485 g/mol. The molecule has 0 heterocycles. The zero-order chi connectivity index (χ0) is 24.3. The van der Waals surface area contributed by atoms with Gasteiger partial charge in [-0.15, -0.1) is 11.8 Å². The highest BCUT2D eigenvalue weighted by molar-refractivity contribution is 7.98. The maximum atomic E-state index is 13.4. The van der Waals surface area contributed by atoms with Gasteiger partial charge in [0.25, 0.3) is 0 Å². The van der Waals surface area contributed by atoms with Gasteiger partial charge in [-0.2, -0.15) is 41.1 Å². The van der Waals surface area contributed by atoms with Crippen molar-refractivity contribution in [1.29, 1.82) is 5.26 Å². The molecular formula is C22H14F7N3S. The van der Waals surface area contributed by atoms with E-state index in [9.17, 15) is 36.0 Å². The van der Waals surface area contributed by atoms with Gasteiger partial charge in [0.2, 0.25) is 0 Å². The predicted octanol–water partition coefficient (Wildman–Crippen LogP) is 6.72. The van der Waals surface area contributed by atoms with Crippen LogP contribution >= 0.6 is 11.8 Å². The topological polar surface area (TPSA) is 48.2 Å². The average Bonchev–Trinajstić information content (AvgIpc) is 2.77. The van der Waals surface area contributed by atoms with E-state index in [-0.39, 0.29) is 5.56 Å². The molecule has 0 aliphatic carbocycles. The van der Waals surface area contributed by atoms with E-state index in [0.29, 0.717) is 27.5 Å². The van der Waals surface area contributed by atoms with E-state index in [4.69, 9.17) is 0 Å². The summed E-state index contributed by atoms with van der Waals surface area (Å²) in [5.41, 5.74) is 2.20. The molecule has 0 radical (unpaired) electrons. The molecule has 11 heteroatoms. The first-order valence-corrected chi connectivity index (χ1v) is 10.2. The third kappa shape index (κ3) is 5.06. The zero-order valence-electron chi connectivity index (χ0n) is 16.5. The van der Waals surface area contributed by atoms with Crippen molar-refractivity contribution in [2.75, 3.05) is 0 Å². The number of benzene rings is 3. The number of nitrogens with zero attached hydrogens (tertiary/aromatic N) is 2. The van der Waals surface area contributed by atoms with Crippen LogP contribution in [0.25, 0.3) is 10.8 Å². The molecule has 0 atom stereocenters. The first-order valence-electron chi connectivity index (χ1n) is 9.23. The number of alkyl halides is 7. The fourth-order valence-corrected chi connectivity index (χ4v) is 3.94. The molecule has 0 aliphatic rings. The summed E-state index contributed by atoms with van der Waals surface area (Å²) in [6.07, 6.45) is -5.70. The largest absolute Gasteiger partial charge is 0.462 e. The molecule has 3 rings (SSSR count). The van der Waals surface area contributed by atoms with Gasteiger partial charge < -0.3 is 0 Å². The second-order valence-corrected chi connectivity index (χ2v) is 7.79. The van der Waals surface area contributed by atoms with Crippen molar-refractivity contribution < 1.29 is 30.7 Å². The first kappa shape index (κ1) is 24.4. The molecule has 0 saturated heterocycles. The summed E-state index contributed by atoms with van der Waals surface area (Å²) < 4.78 is 89.4. The van der Waals surface area contributed by atoms with Crippen LogP contribution in [0.3, 0.4) is 0 Å². The zero-order valence-corrected chi connectivity index (χ0v) is 17.3. The smallest absolute Gasteiger partial charge is 0.242 e. The minimum absolute atomic E-state index is 0.228. The Kier molecular flexibility index (Phi) is 6.88. The van der Waals surface area contributed by atoms with Gasteiger partial charge in [0.05, 0.1) is 17.8 Å². The van der Waals surface area contributed by atoms with Crippen LogP contribution in [0.2, 0.25) is 0 Å². The van der Waals surface area contributed by atoms with E-state index in [0.717, 1.165) is 16.7 Å². The summed E-state index contributed by atoms with van der Waals surface area (Å²) in [4.78, 5) is 0.789. The average molecular weight is 485 g/mol. The van der Waals surface area contributed by atoms with Crippen molar-refractivity contribution in [2.24, 2.45) is 5.10 Å². The standard InChI is InChI=1S/C22H14F7N3S/c23-20(24,21(25,26)27)22(28,29)32-31-12-15-9-10-19(18-8-4-3-7-17(15)18)33-13-16-6-2-1-5-14(16)11-30/h1-10,12,32H,13H2/b31-12+. The Bertz CT molecular complexity index is 1220. The molecule has 0 aliphatic heterocycles. The van der Waals surface area contributed by atoms with Crippen molar-refractivity contribution in [3.8, 4) is 6.07 Å². The van der Waals surface area contributed by atoms with E-state index in [2.05, 4.69) is 11.2 Å². The summed E-state index contributed by atoms with van der Waals surface area (Å²) in [5.74, 6) is -5.83. The molecule has 3 aromatic carbocycles. The fraction of sp³-hybridized carbons (Fsp3) is 0.182. The summed E-state index contributed by atoms with van der Waals surface area (Å²) in [5, 5.41) is 13.4. The van der Waals surface area contributed by atoms with Crippen LogP contribution < -0.4 is 5.43 Å². The second kappa shape index (κ2) is 9.31. The molecule has 3 aromatic rings. The van der Waals surface area contributed by atoms with Gasteiger partial charge in [-0.3, -0.25) is 0 Å². The number of nitriles is 1. The molecule has 0 unspecified atom stereocenters. The number of thioether (sulfide) groups is 1. The molecular weight excluding hydrogens is 471 g/mol. The van der Waals surface area contributed by atoms with Crippen LogP contribution in [0.1, 0.15) is 16.7 Å². The second-order valence-electron chi connectivity index (χ2n) is 6.77. The van der Waals surface area contributed by atoms with E-state index in [1.54, 1.807) is 48.5 Å². The first-order chi connectivity index (χ1) is 15.5. The van der Waals surface area contributed by atoms with Crippen molar-refractivity contribution in [3.63, 3.8) is 0 Å². The molecule has 0 spiro atoms. The van der Waals surface area contributed by atoms with Gasteiger partial charge in [0.1, 0.15) is 0 Å². The van der Waals surface area contributed by atoms with Crippen LogP contribution in [0, 0.1) is 11.3 Å². The third-order valence-corrected chi connectivity index (χ3v) is 5.72. The van der Waals surface area contributed by atoms with Gasteiger partial charge in [0.15, 0.2) is 0 Å². The Balaban J connectivity index is 1.84. The summed E-state index contributed by atoms with van der Waals surface area (Å²) in [7, 11) is 0. The molecule has 0 amide bonds. The van der Waals surface area contributed by atoms with E-state index in [1.807, 2.05) is 6.07 Å². The molecule has 172 valence electrons. The van der Waals surface area contributed by atoms with E-state index in [1.165, 1.54) is 17.8 Å². The van der Waals surface area contributed by atoms with Gasteiger partial charge in [0, 0.05) is 16.2 Å². The minimum Gasteiger partial charge on any atom is -0.242 e. The number of hydrazone groups is 1. The molecule has 1 N–H and O–H groups in total. The van der Waals surface area contributed by atoms with Gasteiger partial charge in [-0.25, -0.2) is 5.43 Å². The lowest BCUT2D eigenvalue weighted by atomic mass is 10.1. The molecule has 0 fully saturated rings. The Labute approximate surface area is 187 Å². The highest BCUT2D eigenvalue weighted by atomic mass is 32.2. The van der Waals surface area contributed by atoms with Crippen LogP contribution in [-0.2, 0) is 5.75 Å². The number of fused-ring (bicyclic) bond motifs is 1. The van der Waals surface area contributed by atoms with Crippen LogP contribution in [0.15, 0.2) is 70.7 Å². The lowest BCUT2D eigenvalue weighted by molar-refractivity contribution is -0.361. The Morgan fingerprint density at radius 3 is 2.18 bits per heavy atom. The van der Waals surface area contributed by atoms with Crippen molar-refractivity contribution >= 4 is 28.7 Å². The fourth-order valence-electron chi connectivity index (χ4n) is 2.88. The number of hydrogen-bond acceptors (Lipinski definition) is 4. The highest BCUT2D eigenvalue weighted by Crippen LogP contribution is 2.45. The predicted molar refractivity (Wildman–Crippen MR) is 111 cm³/mol. The number of nitrogens with one attached hydrogen (secondary N) is 1. The van der Waals surface area contributed by atoms with Gasteiger partial charge in [-0.05, 0) is 28.5 Å². The van der Waals surface area contributed by atoms with Crippen LogP contribution in [0.5, 0.6) is 0 Å². The maximum absolute atomic E-state index is 13.4. The Morgan fingerprint density at radius 2 is 1.52 bits per heavy atom. The molecule has 0 bridgehead atoms. The van der Waals surface area contributed by atoms with Crippen molar-refractivity contribution in [1.82, 2.24) is 5.43 Å².